The number of rotatable bonds is 2. The lowest BCUT2D eigenvalue weighted by molar-refractivity contribution is 0.636. The molecular formula is C34H28. The molecule has 0 amide bonds. The van der Waals surface area contributed by atoms with E-state index in [0.717, 1.165) is 0 Å². The molecule has 6 aromatic rings. The lowest BCUT2D eigenvalue weighted by Gasteiger charge is -2.28. The Kier molecular flexibility index (Phi) is 3.77. The standard InChI is InChI=1S/C34H28/c1-33(2,24-11-6-5-7-12-24)25-16-18-28-27(20-25)32-26-17-15-22-10-8-9-21-13-14-23(31(26)30(21)22)19-29(32)34(28,3)4/h5-20H,1-4H3. The van der Waals surface area contributed by atoms with Gasteiger partial charge in [0.05, 0.1) is 0 Å². The van der Waals surface area contributed by atoms with Gasteiger partial charge >= 0.3 is 0 Å². The Morgan fingerprint density at radius 3 is 2.03 bits per heavy atom. The molecule has 0 unspecified atom stereocenters. The first-order valence-corrected chi connectivity index (χ1v) is 12.3. The van der Waals surface area contributed by atoms with Crippen molar-refractivity contribution in [1.82, 2.24) is 0 Å². The Bertz CT molecular complexity index is 1720. The zero-order chi connectivity index (χ0) is 23.2. The fraction of sp³-hybridized carbons (Fsp3) is 0.176. The lowest BCUT2D eigenvalue weighted by atomic mass is 9.76. The Balaban J connectivity index is 1.57. The summed E-state index contributed by atoms with van der Waals surface area (Å²) >= 11 is 0. The highest BCUT2D eigenvalue weighted by molar-refractivity contribution is 6.26. The molecule has 0 bridgehead atoms. The van der Waals surface area contributed by atoms with Crippen LogP contribution in [-0.2, 0) is 10.8 Å². The van der Waals surface area contributed by atoms with Crippen molar-refractivity contribution in [1.29, 1.82) is 0 Å². The predicted molar refractivity (Wildman–Crippen MR) is 146 cm³/mol. The van der Waals surface area contributed by atoms with Crippen LogP contribution in [0.3, 0.4) is 0 Å². The van der Waals surface area contributed by atoms with Crippen LogP contribution in [0.25, 0.3) is 43.4 Å². The molecule has 0 heteroatoms. The van der Waals surface area contributed by atoms with Gasteiger partial charge < -0.3 is 0 Å². The van der Waals surface area contributed by atoms with Gasteiger partial charge in [0.2, 0.25) is 0 Å². The minimum Gasteiger partial charge on any atom is -0.0622 e. The maximum Gasteiger partial charge on any atom is 0.0159 e. The van der Waals surface area contributed by atoms with Gasteiger partial charge in [-0.15, -0.1) is 0 Å². The second-order valence-electron chi connectivity index (χ2n) is 11.0. The Morgan fingerprint density at radius 1 is 0.559 bits per heavy atom. The summed E-state index contributed by atoms with van der Waals surface area (Å²) in [6, 6.07) is 36.5. The van der Waals surface area contributed by atoms with Gasteiger partial charge in [0.25, 0.3) is 0 Å². The van der Waals surface area contributed by atoms with Crippen molar-refractivity contribution in [3.63, 3.8) is 0 Å². The Hall–Kier alpha value is -3.64. The molecule has 164 valence electrons. The van der Waals surface area contributed by atoms with E-state index in [1.54, 1.807) is 0 Å². The molecular weight excluding hydrogens is 408 g/mol. The SMILES string of the molecule is CC(C)(c1ccccc1)c1ccc2c(c1)-c1c(cc3ccc4cccc5ccc1c3c45)C2(C)C. The van der Waals surface area contributed by atoms with Crippen molar-refractivity contribution in [3.05, 3.63) is 119 Å². The topological polar surface area (TPSA) is 0 Å². The molecule has 0 aromatic heterocycles. The molecule has 0 heterocycles. The average molecular weight is 437 g/mol. The van der Waals surface area contributed by atoms with Gasteiger partial charge in [-0.2, -0.15) is 0 Å². The number of benzene rings is 6. The molecule has 0 atom stereocenters. The largest absolute Gasteiger partial charge is 0.0622 e. The summed E-state index contributed by atoms with van der Waals surface area (Å²) < 4.78 is 0. The summed E-state index contributed by atoms with van der Waals surface area (Å²) in [4.78, 5) is 0. The van der Waals surface area contributed by atoms with E-state index in [2.05, 4.69) is 125 Å². The normalized spacial score (nSPS) is 14.7. The Labute approximate surface area is 201 Å². The quantitative estimate of drug-likeness (QED) is 0.237. The van der Waals surface area contributed by atoms with E-state index in [1.165, 1.54) is 65.7 Å². The third-order valence-electron chi connectivity index (χ3n) is 8.50. The van der Waals surface area contributed by atoms with Crippen LogP contribution >= 0.6 is 0 Å². The molecule has 0 fully saturated rings. The molecule has 0 saturated carbocycles. The number of fused-ring (bicyclic) bond motifs is 4. The zero-order valence-electron chi connectivity index (χ0n) is 20.2. The molecule has 0 N–H and O–H groups in total. The highest BCUT2D eigenvalue weighted by atomic mass is 14.4. The highest BCUT2D eigenvalue weighted by Crippen LogP contribution is 2.54. The second-order valence-corrected chi connectivity index (χ2v) is 11.0. The Morgan fingerprint density at radius 2 is 1.26 bits per heavy atom. The van der Waals surface area contributed by atoms with Crippen LogP contribution in [-0.4, -0.2) is 0 Å². The van der Waals surface area contributed by atoms with Gasteiger partial charge in [0.15, 0.2) is 0 Å². The molecule has 0 saturated heterocycles. The summed E-state index contributed by atoms with van der Waals surface area (Å²) in [5, 5.41) is 8.19. The molecule has 0 spiro atoms. The summed E-state index contributed by atoms with van der Waals surface area (Å²) in [5.41, 5.74) is 8.34. The van der Waals surface area contributed by atoms with Gasteiger partial charge in [0.1, 0.15) is 0 Å². The summed E-state index contributed by atoms with van der Waals surface area (Å²) in [7, 11) is 0. The summed E-state index contributed by atoms with van der Waals surface area (Å²) in [6.07, 6.45) is 0. The first-order chi connectivity index (χ1) is 16.4. The lowest BCUT2D eigenvalue weighted by Crippen LogP contribution is -2.19. The van der Waals surface area contributed by atoms with Crippen LogP contribution in [0.2, 0.25) is 0 Å². The van der Waals surface area contributed by atoms with Gasteiger partial charge in [-0.3, -0.25) is 0 Å². The summed E-state index contributed by atoms with van der Waals surface area (Å²) in [5.74, 6) is 0. The van der Waals surface area contributed by atoms with Crippen LogP contribution in [0.15, 0.2) is 97.1 Å². The minimum atomic E-state index is -0.0625. The maximum atomic E-state index is 2.48. The second kappa shape index (κ2) is 6.48. The van der Waals surface area contributed by atoms with E-state index in [-0.39, 0.29) is 10.8 Å². The van der Waals surface area contributed by atoms with Crippen molar-refractivity contribution in [2.24, 2.45) is 0 Å². The third-order valence-corrected chi connectivity index (χ3v) is 8.50. The van der Waals surface area contributed by atoms with Crippen LogP contribution in [0.5, 0.6) is 0 Å². The molecule has 0 radical (unpaired) electrons. The highest BCUT2D eigenvalue weighted by Gasteiger charge is 2.38. The van der Waals surface area contributed by atoms with Gasteiger partial charge in [-0.25, -0.2) is 0 Å². The van der Waals surface area contributed by atoms with Crippen LogP contribution < -0.4 is 0 Å². The van der Waals surface area contributed by atoms with Crippen molar-refractivity contribution < 1.29 is 0 Å². The summed E-state index contributed by atoms with van der Waals surface area (Å²) in [6.45, 7) is 9.46. The molecule has 34 heavy (non-hydrogen) atoms. The number of hydrogen-bond acceptors (Lipinski definition) is 0. The van der Waals surface area contributed by atoms with Gasteiger partial charge in [-0.05, 0) is 77.8 Å². The molecule has 1 aliphatic carbocycles. The van der Waals surface area contributed by atoms with E-state index < -0.39 is 0 Å². The molecule has 0 nitrogen and oxygen atoms in total. The van der Waals surface area contributed by atoms with Crippen molar-refractivity contribution in [3.8, 4) is 11.1 Å². The monoisotopic (exact) mass is 436 g/mol. The number of hydrogen-bond donors (Lipinski definition) is 0. The van der Waals surface area contributed by atoms with Crippen LogP contribution in [0, 0.1) is 0 Å². The van der Waals surface area contributed by atoms with Crippen molar-refractivity contribution >= 4 is 32.3 Å². The fourth-order valence-corrected chi connectivity index (χ4v) is 6.44. The third kappa shape index (κ3) is 2.44. The van der Waals surface area contributed by atoms with E-state index in [0.29, 0.717) is 0 Å². The first kappa shape index (κ1) is 19.8. The average Bonchev–Trinajstić information content (AvgIpc) is 3.09. The predicted octanol–water partition coefficient (Wildman–Crippen LogP) is 9.22. The van der Waals surface area contributed by atoms with Gasteiger partial charge in [-0.1, -0.05) is 113 Å². The van der Waals surface area contributed by atoms with Crippen molar-refractivity contribution in [2.45, 2.75) is 38.5 Å². The van der Waals surface area contributed by atoms with E-state index >= 15 is 0 Å². The van der Waals surface area contributed by atoms with Gasteiger partial charge in [0, 0.05) is 10.8 Å². The minimum absolute atomic E-state index is 0.0233. The van der Waals surface area contributed by atoms with Crippen molar-refractivity contribution in [2.75, 3.05) is 0 Å². The maximum absolute atomic E-state index is 2.48. The fourth-order valence-electron chi connectivity index (χ4n) is 6.44. The molecule has 6 aromatic carbocycles. The zero-order valence-corrected chi connectivity index (χ0v) is 20.2. The van der Waals surface area contributed by atoms with E-state index in [1.807, 2.05) is 0 Å². The molecule has 1 aliphatic rings. The van der Waals surface area contributed by atoms with E-state index in [9.17, 15) is 0 Å². The molecule has 0 aliphatic heterocycles. The smallest absolute Gasteiger partial charge is 0.0159 e. The molecule has 7 rings (SSSR count). The first-order valence-electron chi connectivity index (χ1n) is 12.3. The van der Waals surface area contributed by atoms with Crippen LogP contribution in [0.1, 0.15) is 49.9 Å². The van der Waals surface area contributed by atoms with E-state index in [4.69, 9.17) is 0 Å². The van der Waals surface area contributed by atoms with Crippen LogP contribution in [0.4, 0.5) is 0 Å².